The van der Waals surface area contributed by atoms with E-state index in [1.807, 2.05) is 0 Å². The molecule has 1 unspecified atom stereocenters. The average molecular weight is 253 g/mol. The van der Waals surface area contributed by atoms with Crippen LogP contribution in [-0.4, -0.2) is 38.1 Å². The highest BCUT2D eigenvalue weighted by Crippen LogP contribution is 2.22. The number of piperidine rings is 1. The van der Waals surface area contributed by atoms with Gasteiger partial charge in [-0.15, -0.1) is 11.6 Å². The van der Waals surface area contributed by atoms with Crippen LogP contribution < -0.4 is 4.90 Å². The number of hydrogen-bond acceptors (Lipinski definition) is 2. The summed E-state index contributed by atoms with van der Waals surface area (Å²) in [5.74, 6) is 0.598. The molecule has 1 heterocycles. The summed E-state index contributed by atoms with van der Waals surface area (Å²) in [5.41, 5.74) is 2.52. The third-order valence-electron chi connectivity index (χ3n) is 3.58. The zero-order valence-electron chi connectivity index (χ0n) is 10.7. The summed E-state index contributed by atoms with van der Waals surface area (Å²) in [6.07, 6.45) is 2.59. The van der Waals surface area contributed by atoms with Crippen LogP contribution in [0.3, 0.4) is 0 Å². The highest BCUT2D eigenvalue weighted by atomic mass is 35.5. The first-order valence-electron chi connectivity index (χ1n) is 6.27. The number of nitrogens with zero attached hydrogens (tertiary/aromatic N) is 2. The van der Waals surface area contributed by atoms with Gasteiger partial charge in [-0.05, 0) is 44.6 Å². The maximum Gasteiger partial charge on any atom is 0.0474 e. The third-order valence-corrected chi connectivity index (χ3v) is 3.89. The standard InChI is InChI=1S/C14H21ClN2/c1-16(2)14-4-3-9-17(11-14)13-7-5-12(10-15)6-8-13/h5-8,14H,3-4,9-11H2,1-2H3. The molecule has 0 spiro atoms. The summed E-state index contributed by atoms with van der Waals surface area (Å²) in [4.78, 5) is 4.81. The smallest absolute Gasteiger partial charge is 0.0474 e. The van der Waals surface area contributed by atoms with E-state index >= 15 is 0 Å². The molecule has 0 aromatic heterocycles. The Bertz CT molecular complexity index is 348. The number of halogens is 1. The lowest BCUT2D eigenvalue weighted by atomic mass is 10.0. The molecule has 1 aromatic rings. The first-order chi connectivity index (χ1) is 8.20. The Morgan fingerprint density at radius 3 is 2.59 bits per heavy atom. The molecule has 1 saturated heterocycles. The molecule has 1 aromatic carbocycles. The zero-order valence-corrected chi connectivity index (χ0v) is 11.5. The lowest BCUT2D eigenvalue weighted by molar-refractivity contribution is 0.258. The molecule has 2 rings (SSSR count). The van der Waals surface area contributed by atoms with Gasteiger partial charge in [-0.1, -0.05) is 12.1 Å². The minimum absolute atomic E-state index is 0.598. The molecular weight excluding hydrogens is 232 g/mol. The Kier molecular flexibility index (Phi) is 4.30. The summed E-state index contributed by atoms with van der Waals surface area (Å²) in [7, 11) is 4.34. The first kappa shape index (κ1) is 12.7. The van der Waals surface area contributed by atoms with Crippen LogP contribution in [0.5, 0.6) is 0 Å². The second-order valence-corrected chi connectivity index (χ2v) is 5.27. The van der Waals surface area contributed by atoms with Gasteiger partial charge in [-0.3, -0.25) is 0 Å². The van der Waals surface area contributed by atoms with Gasteiger partial charge in [0.1, 0.15) is 0 Å². The number of likely N-dealkylation sites (N-methyl/N-ethyl adjacent to an activating group) is 1. The quantitative estimate of drug-likeness (QED) is 0.764. The number of alkyl halides is 1. The first-order valence-corrected chi connectivity index (χ1v) is 6.80. The van der Waals surface area contributed by atoms with Gasteiger partial charge in [0.05, 0.1) is 0 Å². The van der Waals surface area contributed by atoms with Crippen LogP contribution in [0.25, 0.3) is 0 Å². The van der Waals surface area contributed by atoms with E-state index in [2.05, 4.69) is 48.2 Å². The van der Waals surface area contributed by atoms with Crippen molar-refractivity contribution >= 4 is 17.3 Å². The maximum absolute atomic E-state index is 5.81. The van der Waals surface area contributed by atoms with Gasteiger partial charge in [-0.25, -0.2) is 0 Å². The van der Waals surface area contributed by atoms with Crippen LogP contribution in [0.1, 0.15) is 18.4 Å². The van der Waals surface area contributed by atoms with Gasteiger partial charge in [0.25, 0.3) is 0 Å². The highest BCUT2D eigenvalue weighted by Gasteiger charge is 2.21. The molecular formula is C14H21ClN2. The molecule has 1 atom stereocenters. The van der Waals surface area contributed by atoms with Gasteiger partial charge >= 0.3 is 0 Å². The molecule has 0 aliphatic carbocycles. The number of hydrogen-bond donors (Lipinski definition) is 0. The van der Waals surface area contributed by atoms with Crippen LogP contribution in [-0.2, 0) is 5.88 Å². The Hall–Kier alpha value is -0.730. The highest BCUT2D eigenvalue weighted by molar-refractivity contribution is 6.17. The number of benzene rings is 1. The minimum atomic E-state index is 0.598. The second kappa shape index (κ2) is 5.74. The predicted octanol–water partition coefficient (Wildman–Crippen LogP) is 2.96. The summed E-state index contributed by atoms with van der Waals surface area (Å²) in [5, 5.41) is 0. The van der Waals surface area contributed by atoms with Gasteiger partial charge in [0.15, 0.2) is 0 Å². The Balaban J connectivity index is 2.05. The molecule has 0 saturated carbocycles. The molecule has 3 heteroatoms. The molecule has 2 nitrogen and oxygen atoms in total. The van der Waals surface area contributed by atoms with Crippen molar-refractivity contribution in [1.29, 1.82) is 0 Å². The van der Waals surface area contributed by atoms with E-state index in [9.17, 15) is 0 Å². The van der Waals surface area contributed by atoms with Crippen LogP contribution in [0.4, 0.5) is 5.69 Å². The van der Waals surface area contributed by atoms with E-state index in [1.165, 1.54) is 30.6 Å². The summed E-state index contributed by atoms with van der Waals surface area (Å²) in [6, 6.07) is 9.31. The molecule has 94 valence electrons. The van der Waals surface area contributed by atoms with Gasteiger partial charge < -0.3 is 9.80 Å². The SMILES string of the molecule is CN(C)C1CCCN(c2ccc(CCl)cc2)C1. The second-order valence-electron chi connectivity index (χ2n) is 5.01. The minimum Gasteiger partial charge on any atom is -0.370 e. The molecule has 1 aliphatic rings. The van der Waals surface area contributed by atoms with Gasteiger partial charge in [-0.2, -0.15) is 0 Å². The Morgan fingerprint density at radius 2 is 2.00 bits per heavy atom. The summed E-state index contributed by atoms with van der Waals surface area (Å²) >= 11 is 5.81. The molecule has 0 bridgehead atoms. The molecule has 0 amide bonds. The number of anilines is 1. The maximum atomic E-state index is 5.81. The molecule has 1 fully saturated rings. The van der Waals surface area contributed by atoms with E-state index < -0.39 is 0 Å². The van der Waals surface area contributed by atoms with E-state index in [0.717, 1.165) is 6.54 Å². The molecule has 0 radical (unpaired) electrons. The van der Waals surface area contributed by atoms with E-state index in [0.29, 0.717) is 11.9 Å². The predicted molar refractivity (Wildman–Crippen MR) is 74.9 cm³/mol. The summed E-state index contributed by atoms with van der Waals surface area (Å²) in [6.45, 7) is 2.30. The Labute approximate surface area is 109 Å². The van der Waals surface area contributed by atoms with Gasteiger partial charge in [0.2, 0.25) is 0 Å². The van der Waals surface area contributed by atoms with Crippen molar-refractivity contribution in [3.63, 3.8) is 0 Å². The normalized spacial score (nSPS) is 20.9. The van der Waals surface area contributed by atoms with Crippen molar-refractivity contribution in [1.82, 2.24) is 4.90 Å². The van der Waals surface area contributed by atoms with Crippen molar-refractivity contribution in [3.05, 3.63) is 29.8 Å². The van der Waals surface area contributed by atoms with Gasteiger partial charge in [0, 0.05) is 30.7 Å². The largest absolute Gasteiger partial charge is 0.370 e. The number of rotatable bonds is 3. The topological polar surface area (TPSA) is 6.48 Å². The van der Waals surface area contributed by atoms with Crippen LogP contribution in [0.2, 0.25) is 0 Å². The van der Waals surface area contributed by atoms with E-state index in [1.54, 1.807) is 0 Å². The van der Waals surface area contributed by atoms with Crippen molar-refractivity contribution in [2.45, 2.75) is 24.8 Å². The fourth-order valence-electron chi connectivity index (χ4n) is 2.41. The fourth-order valence-corrected chi connectivity index (χ4v) is 2.58. The van der Waals surface area contributed by atoms with Crippen molar-refractivity contribution < 1.29 is 0 Å². The van der Waals surface area contributed by atoms with Crippen molar-refractivity contribution in [3.8, 4) is 0 Å². The monoisotopic (exact) mass is 252 g/mol. The molecule has 1 aliphatic heterocycles. The van der Waals surface area contributed by atoms with E-state index in [-0.39, 0.29) is 0 Å². The molecule has 0 N–H and O–H groups in total. The lowest BCUT2D eigenvalue weighted by Crippen LogP contribution is -2.45. The van der Waals surface area contributed by atoms with Crippen LogP contribution >= 0.6 is 11.6 Å². The van der Waals surface area contributed by atoms with Crippen molar-refractivity contribution in [2.75, 3.05) is 32.1 Å². The Morgan fingerprint density at radius 1 is 1.29 bits per heavy atom. The third kappa shape index (κ3) is 3.14. The lowest BCUT2D eigenvalue weighted by Gasteiger charge is -2.37. The van der Waals surface area contributed by atoms with Crippen LogP contribution in [0, 0.1) is 0 Å². The fraction of sp³-hybridized carbons (Fsp3) is 0.571. The zero-order chi connectivity index (χ0) is 12.3. The van der Waals surface area contributed by atoms with Crippen molar-refractivity contribution in [2.24, 2.45) is 0 Å². The van der Waals surface area contributed by atoms with E-state index in [4.69, 9.17) is 11.6 Å². The van der Waals surface area contributed by atoms with Crippen LogP contribution in [0.15, 0.2) is 24.3 Å². The average Bonchev–Trinajstić information content (AvgIpc) is 2.39. The summed E-state index contributed by atoms with van der Waals surface area (Å²) < 4.78 is 0. The molecule has 17 heavy (non-hydrogen) atoms.